The van der Waals surface area contributed by atoms with Crippen LogP contribution in [0.1, 0.15) is 94.9 Å². The number of hydrogen-bond donors (Lipinski definition) is 3. The highest BCUT2D eigenvalue weighted by Gasteiger charge is 2.47. The minimum atomic E-state index is -1.07. The Hall–Kier alpha value is -4.76. The molecule has 12 nitrogen and oxygen atoms in total. The average Bonchev–Trinajstić information content (AvgIpc) is 3.68. The van der Waals surface area contributed by atoms with Crippen molar-refractivity contribution in [3.8, 4) is 6.07 Å². The van der Waals surface area contributed by atoms with Gasteiger partial charge in [0.05, 0.1) is 24.1 Å². The number of nitrogens with one attached hydrogen (secondary N) is 3. The summed E-state index contributed by atoms with van der Waals surface area (Å²) < 4.78 is 7.21. The number of fused-ring (bicyclic) bond motifs is 2. The van der Waals surface area contributed by atoms with Crippen molar-refractivity contribution in [1.82, 2.24) is 30.6 Å². The van der Waals surface area contributed by atoms with Gasteiger partial charge in [0, 0.05) is 37.8 Å². The Morgan fingerprint density at radius 3 is 2.13 bits per heavy atom. The summed E-state index contributed by atoms with van der Waals surface area (Å²) in [5, 5.41) is 18.3. The third kappa shape index (κ3) is 5.95. The number of carbonyl (C=O) groups excluding carboxylic acids is 3. The van der Waals surface area contributed by atoms with E-state index < -0.39 is 17.2 Å². The van der Waals surface area contributed by atoms with Gasteiger partial charge in [0.1, 0.15) is 6.04 Å². The van der Waals surface area contributed by atoms with E-state index in [0.717, 1.165) is 28.7 Å². The van der Waals surface area contributed by atoms with E-state index in [1.165, 1.54) is 0 Å². The lowest BCUT2D eigenvalue weighted by molar-refractivity contribution is -0.130. The fourth-order valence-electron chi connectivity index (χ4n) is 6.98. The molecule has 2 heterocycles. The molecule has 0 saturated carbocycles. The van der Waals surface area contributed by atoms with E-state index in [0.29, 0.717) is 49.2 Å². The van der Waals surface area contributed by atoms with Crippen LogP contribution in [0.5, 0.6) is 0 Å². The van der Waals surface area contributed by atoms with Crippen LogP contribution in [0.25, 0.3) is 0 Å². The molecule has 1 unspecified atom stereocenters. The third-order valence-electron chi connectivity index (χ3n) is 9.14. The first kappa shape index (κ1) is 32.6. The summed E-state index contributed by atoms with van der Waals surface area (Å²) in [6, 6.07) is 12.4. The van der Waals surface area contributed by atoms with Crippen LogP contribution in [0.4, 0.5) is 0 Å². The number of aromatic nitrogens is 2. The zero-order chi connectivity index (χ0) is 33.2. The molecule has 1 fully saturated rings. The fraction of sp³-hybridized carbons (Fsp3) is 0.471. The van der Waals surface area contributed by atoms with Crippen LogP contribution in [0.3, 0.4) is 0 Å². The van der Waals surface area contributed by atoms with Crippen LogP contribution in [0.15, 0.2) is 45.7 Å². The van der Waals surface area contributed by atoms with Gasteiger partial charge in [-0.2, -0.15) is 15.0 Å². The highest BCUT2D eigenvalue weighted by Crippen LogP contribution is 2.48. The molecule has 242 valence electrons. The molecule has 1 aromatic heterocycles. The van der Waals surface area contributed by atoms with Gasteiger partial charge < -0.3 is 25.4 Å². The largest absolute Gasteiger partial charge is 0.459 e. The van der Waals surface area contributed by atoms with Gasteiger partial charge in [-0.1, -0.05) is 12.1 Å². The molecule has 3 amide bonds. The number of nitrogens with zero attached hydrogens (tertiary/aromatic N) is 4. The van der Waals surface area contributed by atoms with E-state index in [1.54, 1.807) is 35.9 Å². The molecular formula is C34H41N7O5. The van der Waals surface area contributed by atoms with E-state index in [2.05, 4.69) is 27.0 Å². The predicted octanol–water partition coefficient (Wildman–Crippen LogP) is 2.45. The Kier molecular flexibility index (Phi) is 9.44. The SMILES string of the molecule is CNC(=O)c1ccc2c(c1)CCc1cc(C(=O)NC)ccc1C2(C[C@H](C)NCC(=O)N1CCCC1C#N)c1nc(=O)on1C(C)C. The molecule has 3 aromatic rings. The number of aryl methyl sites for hydroxylation is 2. The van der Waals surface area contributed by atoms with Crippen molar-refractivity contribution in [3.63, 3.8) is 0 Å². The van der Waals surface area contributed by atoms with Crippen LogP contribution in [0.2, 0.25) is 0 Å². The molecule has 0 bridgehead atoms. The first-order valence-corrected chi connectivity index (χ1v) is 15.8. The summed E-state index contributed by atoms with van der Waals surface area (Å²) in [5.41, 5.74) is 3.46. The molecule has 1 aliphatic carbocycles. The normalized spacial score (nSPS) is 17.4. The Morgan fingerprint density at radius 1 is 1.02 bits per heavy atom. The molecular weight excluding hydrogens is 586 g/mol. The molecule has 0 spiro atoms. The molecule has 1 aliphatic heterocycles. The molecule has 0 radical (unpaired) electrons. The van der Waals surface area contributed by atoms with Gasteiger partial charge in [-0.3, -0.25) is 14.4 Å². The topological polar surface area (TPSA) is 162 Å². The summed E-state index contributed by atoms with van der Waals surface area (Å²) in [7, 11) is 3.17. The minimum absolute atomic E-state index is 0.0379. The number of amides is 3. The van der Waals surface area contributed by atoms with E-state index in [4.69, 9.17) is 4.52 Å². The van der Waals surface area contributed by atoms with E-state index in [-0.39, 0.29) is 36.3 Å². The van der Waals surface area contributed by atoms with Crippen LogP contribution in [0, 0.1) is 11.3 Å². The smallest absolute Gasteiger partial charge is 0.355 e. The molecule has 2 aliphatic rings. The summed E-state index contributed by atoms with van der Waals surface area (Å²) >= 11 is 0. The van der Waals surface area contributed by atoms with Crippen molar-refractivity contribution < 1.29 is 18.9 Å². The maximum atomic E-state index is 13.2. The Balaban J connectivity index is 1.70. The summed E-state index contributed by atoms with van der Waals surface area (Å²) in [6.45, 7) is 6.38. The highest BCUT2D eigenvalue weighted by molar-refractivity contribution is 5.95. The van der Waals surface area contributed by atoms with Gasteiger partial charge in [0.25, 0.3) is 11.8 Å². The van der Waals surface area contributed by atoms with Gasteiger partial charge in [0.15, 0.2) is 5.82 Å². The molecule has 3 N–H and O–H groups in total. The number of nitriles is 1. The van der Waals surface area contributed by atoms with Crippen molar-refractivity contribution >= 4 is 17.7 Å². The Labute approximate surface area is 268 Å². The van der Waals surface area contributed by atoms with Crippen LogP contribution in [-0.2, 0) is 23.1 Å². The van der Waals surface area contributed by atoms with Crippen LogP contribution >= 0.6 is 0 Å². The molecule has 5 rings (SSSR count). The zero-order valence-corrected chi connectivity index (χ0v) is 27.0. The predicted molar refractivity (Wildman–Crippen MR) is 171 cm³/mol. The van der Waals surface area contributed by atoms with Crippen molar-refractivity contribution in [2.45, 2.75) is 76.4 Å². The number of benzene rings is 2. The van der Waals surface area contributed by atoms with Gasteiger partial charge in [0.2, 0.25) is 5.91 Å². The number of hydrogen-bond acceptors (Lipinski definition) is 8. The van der Waals surface area contributed by atoms with E-state index in [9.17, 15) is 24.4 Å². The summed E-state index contributed by atoms with van der Waals surface area (Å²) in [4.78, 5) is 57.6. The van der Waals surface area contributed by atoms with Gasteiger partial charge in [-0.15, -0.1) is 0 Å². The lowest BCUT2D eigenvalue weighted by atomic mass is 9.67. The Bertz CT molecular complexity index is 1680. The first-order chi connectivity index (χ1) is 22.0. The molecule has 1 saturated heterocycles. The van der Waals surface area contributed by atoms with Crippen LogP contribution in [-0.4, -0.2) is 71.6 Å². The van der Waals surface area contributed by atoms with Gasteiger partial charge >= 0.3 is 5.76 Å². The summed E-state index contributed by atoms with van der Waals surface area (Å²) in [6.07, 6.45) is 2.97. The Morgan fingerprint density at radius 2 is 1.61 bits per heavy atom. The second-order valence-corrected chi connectivity index (χ2v) is 12.4. The molecule has 2 aromatic carbocycles. The van der Waals surface area contributed by atoms with Crippen LogP contribution < -0.4 is 21.7 Å². The van der Waals surface area contributed by atoms with Gasteiger partial charge in [-0.25, -0.2) is 4.79 Å². The monoisotopic (exact) mass is 627 g/mol. The third-order valence-corrected chi connectivity index (χ3v) is 9.14. The fourth-order valence-corrected chi connectivity index (χ4v) is 6.98. The van der Waals surface area contributed by atoms with Crippen molar-refractivity contribution in [2.75, 3.05) is 27.2 Å². The maximum absolute atomic E-state index is 13.2. The highest BCUT2D eigenvalue weighted by atomic mass is 16.5. The van der Waals surface area contributed by atoms with E-state index in [1.807, 2.05) is 45.0 Å². The number of carbonyl (C=O) groups is 3. The van der Waals surface area contributed by atoms with Crippen molar-refractivity contribution in [1.29, 1.82) is 5.26 Å². The standard InChI is InChI=1S/C34H41N7O5/c1-20(2)41-32(39-33(45)46-41)34(17-21(3)38-19-29(42)40-14-6-7-26(40)18-35)27-12-10-24(30(43)36-4)15-22(27)8-9-23-16-25(31(44)37-5)11-13-28(23)34/h10-13,15-16,20-21,26,38H,6-9,14,17,19H2,1-5H3,(H,36,43)(H,37,44)/t21-,26?/m0/s1. The molecule has 46 heavy (non-hydrogen) atoms. The summed E-state index contributed by atoms with van der Waals surface area (Å²) in [5.74, 6) is -0.905. The number of rotatable bonds is 9. The second-order valence-electron chi connectivity index (χ2n) is 12.4. The molecule has 2 atom stereocenters. The number of likely N-dealkylation sites (tertiary alicyclic amines) is 1. The zero-order valence-electron chi connectivity index (χ0n) is 27.0. The van der Waals surface area contributed by atoms with Crippen molar-refractivity contribution in [3.05, 3.63) is 86.2 Å². The lowest BCUT2D eigenvalue weighted by Gasteiger charge is -2.38. The first-order valence-electron chi connectivity index (χ1n) is 15.8. The second kappa shape index (κ2) is 13.3. The quantitative estimate of drug-likeness (QED) is 0.326. The average molecular weight is 628 g/mol. The van der Waals surface area contributed by atoms with Crippen molar-refractivity contribution in [2.24, 2.45) is 0 Å². The maximum Gasteiger partial charge on any atom is 0.459 e. The molecule has 12 heteroatoms. The lowest BCUT2D eigenvalue weighted by Crippen LogP contribution is -2.46. The minimum Gasteiger partial charge on any atom is -0.355 e. The van der Waals surface area contributed by atoms with E-state index >= 15 is 0 Å². The van der Waals surface area contributed by atoms with Gasteiger partial charge in [-0.05, 0) is 99.4 Å².